The lowest BCUT2D eigenvalue weighted by Crippen LogP contribution is -2.18. The topological polar surface area (TPSA) is 78.3 Å². The Hall–Kier alpha value is -0.610. The number of hydrogen-bond acceptors (Lipinski definition) is 4. The third-order valence-corrected chi connectivity index (χ3v) is 1.61. The molecular weight excluding hydrogens is 144 g/mol. The Bertz CT molecular complexity index is 117. The van der Waals surface area contributed by atoms with Gasteiger partial charge in [-0.2, -0.15) is 5.90 Å². The van der Waals surface area contributed by atoms with Gasteiger partial charge in [-0.05, 0) is 19.4 Å². The van der Waals surface area contributed by atoms with E-state index in [1.54, 1.807) is 6.92 Å². The van der Waals surface area contributed by atoms with Crippen molar-refractivity contribution in [2.45, 2.75) is 26.2 Å². The number of nitrogens with two attached hydrogens (primary N) is 2. The fraction of sp³-hybridized carbons (Fsp3) is 0.857. The number of carbonyl (C=O) groups is 1. The van der Waals surface area contributed by atoms with Crippen LogP contribution in [0.3, 0.4) is 0 Å². The molecule has 0 heterocycles. The molecule has 0 fully saturated rings. The van der Waals surface area contributed by atoms with Crippen LogP contribution in [0.1, 0.15) is 26.2 Å². The third-order valence-electron chi connectivity index (χ3n) is 1.61. The molecule has 0 amide bonds. The van der Waals surface area contributed by atoms with Crippen molar-refractivity contribution >= 4 is 5.97 Å². The molecule has 0 aliphatic carbocycles. The minimum atomic E-state index is -0.345. The standard InChI is InChI=1S/C7H16N2O2/c1-6(7(10)11-9)4-2-3-5-8/h6H,2-5,8-9H2,1H3. The summed E-state index contributed by atoms with van der Waals surface area (Å²) in [7, 11) is 0. The van der Waals surface area contributed by atoms with E-state index in [9.17, 15) is 4.79 Å². The van der Waals surface area contributed by atoms with Gasteiger partial charge in [0.1, 0.15) is 0 Å². The number of hydrogen-bond donors (Lipinski definition) is 2. The van der Waals surface area contributed by atoms with Crippen LogP contribution in [0.2, 0.25) is 0 Å². The first-order valence-corrected chi connectivity index (χ1v) is 3.83. The van der Waals surface area contributed by atoms with Crippen LogP contribution in [0.4, 0.5) is 0 Å². The molecule has 1 unspecified atom stereocenters. The molecule has 0 aliphatic heterocycles. The average molecular weight is 160 g/mol. The Morgan fingerprint density at radius 1 is 1.55 bits per heavy atom. The molecule has 0 radical (unpaired) electrons. The third kappa shape index (κ3) is 4.75. The van der Waals surface area contributed by atoms with Crippen LogP contribution >= 0.6 is 0 Å². The van der Waals surface area contributed by atoms with Gasteiger partial charge in [-0.15, -0.1) is 0 Å². The first kappa shape index (κ1) is 10.4. The lowest BCUT2D eigenvalue weighted by molar-refractivity contribution is -0.148. The molecule has 4 nitrogen and oxygen atoms in total. The molecule has 0 saturated heterocycles. The minimum absolute atomic E-state index is 0.105. The van der Waals surface area contributed by atoms with E-state index in [2.05, 4.69) is 4.84 Å². The molecule has 0 aromatic carbocycles. The molecule has 0 aliphatic rings. The maximum absolute atomic E-state index is 10.7. The van der Waals surface area contributed by atoms with Crippen molar-refractivity contribution in [2.24, 2.45) is 17.5 Å². The van der Waals surface area contributed by atoms with Crippen molar-refractivity contribution < 1.29 is 9.63 Å². The van der Waals surface area contributed by atoms with Crippen molar-refractivity contribution in [1.82, 2.24) is 0 Å². The number of carbonyl (C=O) groups excluding carboxylic acids is 1. The maximum Gasteiger partial charge on any atom is 0.327 e. The Morgan fingerprint density at radius 3 is 2.64 bits per heavy atom. The Kier molecular flexibility index (Phi) is 5.78. The van der Waals surface area contributed by atoms with E-state index in [0.717, 1.165) is 19.3 Å². The Labute approximate surface area is 66.8 Å². The maximum atomic E-state index is 10.7. The average Bonchev–Trinajstić information content (AvgIpc) is 2.03. The SMILES string of the molecule is CC(CCCCN)C(=O)ON. The van der Waals surface area contributed by atoms with Crippen molar-refractivity contribution in [1.29, 1.82) is 0 Å². The highest BCUT2D eigenvalue weighted by atomic mass is 16.7. The van der Waals surface area contributed by atoms with Gasteiger partial charge in [0, 0.05) is 0 Å². The van der Waals surface area contributed by atoms with Crippen LogP contribution in [0.15, 0.2) is 0 Å². The molecule has 0 aromatic rings. The largest absolute Gasteiger partial charge is 0.373 e. The smallest absolute Gasteiger partial charge is 0.327 e. The molecule has 66 valence electrons. The minimum Gasteiger partial charge on any atom is -0.373 e. The van der Waals surface area contributed by atoms with Gasteiger partial charge in [-0.1, -0.05) is 13.3 Å². The second-order valence-electron chi connectivity index (χ2n) is 2.62. The van der Waals surface area contributed by atoms with Crippen LogP contribution in [0.5, 0.6) is 0 Å². The van der Waals surface area contributed by atoms with Crippen LogP contribution in [0.25, 0.3) is 0 Å². The lowest BCUT2D eigenvalue weighted by atomic mass is 10.0. The molecule has 0 rings (SSSR count). The van der Waals surface area contributed by atoms with Gasteiger partial charge in [-0.3, -0.25) is 4.79 Å². The molecule has 4 N–H and O–H groups in total. The van der Waals surface area contributed by atoms with Gasteiger partial charge >= 0.3 is 5.97 Å². The summed E-state index contributed by atoms with van der Waals surface area (Å²) < 4.78 is 0. The highest BCUT2D eigenvalue weighted by Crippen LogP contribution is 2.07. The van der Waals surface area contributed by atoms with Crippen molar-refractivity contribution in [3.8, 4) is 0 Å². The number of rotatable bonds is 5. The summed E-state index contributed by atoms with van der Waals surface area (Å²) in [6, 6.07) is 0. The van der Waals surface area contributed by atoms with Crippen LogP contribution in [0, 0.1) is 5.92 Å². The van der Waals surface area contributed by atoms with Crippen molar-refractivity contribution in [3.63, 3.8) is 0 Å². The normalized spacial score (nSPS) is 12.6. The first-order valence-electron chi connectivity index (χ1n) is 3.83. The zero-order chi connectivity index (χ0) is 8.69. The molecule has 0 bridgehead atoms. The summed E-state index contributed by atoms with van der Waals surface area (Å²) in [6.45, 7) is 2.47. The highest BCUT2D eigenvalue weighted by Gasteiger charge is 2.12. The lowest BCUT2D eigenvalue weighted by Gasteiger charge is -2.06. The van der Waals surface area contributed by atoms with Gasteiger partial charge in [0.15, 0.2) is 0 Å². The molecule has 4 heteroatoms. The van der Waals surface area contributed by atoms with Gasteiger partial charge < -0.3 is 10.6 Å². The molecule has 1 atom stereocenters. The van der Waals surface area contributed by atoms with E-state index in [4.69, 9.17) is 11.6 Å². The van der Waals surface area contributed by atoms with E-state index >= 15 is 0 Å². The monoisotopic (exact) mass is 160 g/mol. The van der Waals surface area contributed by atoms with Crippen molar-refractivity contribution in [3.05, 3.63) is 0 Å². The quantitative estimate of drug-likeness (QED) is 0.444. The number of unbranched alkanes of at least 4 members (excludes halogenated alkanes) is 1. The van der Waals surface area contributed by atoms with Crippen LogP contribution < -0.4 is 11.6 Å². The molecule has 0 saturated carbocycles. The van der Waals surface area contributed by atoms with E-state index in [0.29, 0.717) is 6.54 Å². The summed E-state index contributed by atoms with van der Waals surface area (Å²) in [6.07, 6.45) is 2.70. The van der Waals surface area contributed by atoms with Gasteiger partial charge in [0.25, 0.3) is 0 Å². The summed E-state index contributed by atoms with van der Waals surface area (Å²) in [5.74, 6) is 4.25. The predicted molar refractivity (Wildman–Crippen MR) is 42.3 cm³/mol. The Morgan fingerprint density at radius 2 is 2.18 bits per heavy atom. The highest BCUT2D eigenvalue weighted by molar-refractivity contribution is 5.71. The van der Waals surface area contributed by atoms with E-state index in [1.807, 2.05) is 0 Å². The zero-order valence-corrected chi connectivity index (χ0v) is 6.88. The first-order chi connectivity index (χ1) is 5.22. The molecule has 0 spiro atoms. The molecule has 0 aromatic heterocycles. The van der Waals surface area contributed by atoms with E-state index in [1.165, 1.54) is 0 Å². The molecular formula is C7H16N2O2. The molecule has 11 heavy (non-hydrogen) atoms. The predicted octanol–water partition coefficient (Wildman–Crippen LogP) is 0.168. The second kappa shape index (κ2) is 6.12. The summed E-state index contributed by atoms with van der Waals surface area (Å²) in [4.78, 5) is 14.8. The summed E-state index contributed by atoms with van der Waals surface area (Å²) >= 11 is 0. The van der Waals surface area contributed by atoms with E-state index < -0.39 is 0 Å². The summed E-state index contributed by atoms with van der Waals surface area (Å²) in [5, 5.41) is 0. The van der Waals surface area contributed by atoms with E-state index in [-0.39, 0.29) is 11.9 Å². The van der Waals surface area contributed by atoms with Gasteiger partial charge in [-0.25, -0.2) is 0 Å². The zero-order valence-electron chi connectivity index (χ0n) is 6.88. The fourth-order valence-electron chi connectivity index (χ4n) is 0.829. The van der Waals surface area contributed by atoms with Crippen molar-refractivity contribution in [2.75, 3.05) is 6.54 Å². The Balaban J connectivity index is 3.36. The van der Waals surface area contributed by atoms with Gasteiger partial charge in [0.2, 0.25) is 0 Å². The summed E-state index contributed by atoms with van der Waals surface area (Å²) in [5.41, 5.74) is 5.28. The van der Waals surface area contributed by atoms with Crippen LogP contribution in [-0.2, 0) is 9.63 Å². The van der Waals surface area contributed by atoms with Gasteiger partial charge in [0.05, 0.1) is 5.92 Å². The van der Waals surface area contributed by atoms with Crippen LogP contribution in [-0.4, -0.2) is 12.5 Å². The fourth-order valence-corrected chi connectivity index (χ4v) is 0.829. The second-order valence-corrected chi connectivity index (χ2v) is 2.62.